The number of amides is 1. The van der Waals surface area contributed by atoms with E-state index in [0.717, 1.165) is 0 Å². The molecule has 70 valence electrons. The minimum Gasteiger partial charge on any atom is -0.347 e. The van der Waals surface area contributed by atoms with E-state index in [1.807, 2.05) is 0 Å². The van der Waals surface area contributed by atoms with Crippen LogP contribution >= 0.6 is 0 Å². The summed E-state index contributed by atoms with van der Waals surface area (Å²) in [4.78, 5) is 15.5. The molecule has 1 aromatic rings. The maximum Gasteiger partial charge on any atom is 0.348 e. The number of rotatable bonds is 2. The van der Waals surface area contributed by atoms with Gasteiger partial charge in [-0.3, -0.25) is 4.98 Å². The smallest absolute Gasteiger partial charge is 0.347 e. The first-order valence-electron chi connectivity index (χ1n) is 3.97. The zero-order valence-electron chi connectivity index (χ0n) is 7.77. The van der Waals surface area contributed by atoms with E-state index in [-0.39, 0.29) is 17.1 Å². The fourth-order valence-electron chi connectivity index (χ4n) is 0.903. The number of nitrogens with zero attached hydrogens (tertiary/aromatic N) is 2. The van der Waals surface area contributed by atoms with Gasteiger partial charge in [-0.15, -0.1) is 0 Å². The topological polar surface area (TPSA) is 50.2 Å². The molecule has 0 saturated heterocycles. The predicted octanol–water partition coefficient (Wildman–Crippen LogP) is 0.248. The third-order valence-electron chi connectivity index (χ3n) is 1.81. The number of aliphatic hydroxyl groups is 1. The molecule has 1 heterocycles. The molecular weight excluding hydrogens is 168 g/mol. The van der Waals surface area contributed by atoms with Crippen LogP contribution < -0.4 is 0 Å². The molecule has 0 spiro atoms. The highest BCUT2D eigenvalue weighted by atomic mass is 16.3. The minimum atomic E-state index is -0.215. The van der Waals surface area contributed by atoms with E-state index in [0.29, 0.717) is 5.56 Å². The van der Waals surface area contributed by atoms with Crippen molar-refractivity contribution in [1.82, 2.24) is 4.98 Å². The zero-order chi connectivity index (χ0) is 9.90. The van der Waals surface area contributed by atoms with E-state index in [1.165, 1.54) is 6.20 Å². The number of hydrogen-bond donors (Lipinski definition) is 1. The predicted molar refractivity (Wildman–Crippen MR) is 47.8 cm³/mol. The van der Waals surface area contributed by atoms with Crippen molar-refractivity contribution >= 4 is 5.91 Å². The number of carbonyl (C=O) groups excluding carboxylic acids is 1. The van der Waals surface area contributed by atoms with Gasteiger partial charge in [0, 0.05) is 12.4 Å². The third-order valence-corrected chi connectivity index (χ3v) is 1.81. The number of aliphatic hydroxyl groups excluding tert-OH is 1. The summed E-state index contributed by atoms with van der Waals surface area (Å²) in [5, 5.41) is 8.96. The molecule has 0 aliphatic carbocycles. The molecule has 1 N–H and O–H groups in total. The monoisotopic (exact) mass is 181 g/mol. The van der Waals surface area contributed by atoms with Crippen LogP contribution in [0.3, 0.4) is 0 Å². The second kappa shape index (κ2) is 3.64. The fraction of sp³-hybridized carbons (Fsp3) is 0.333. The van der Waals surface area contributed by atoms with Crippen molar-refractivity contribution in [3.63, 3.8) is 0 Å². The lowest BCUT2D eigenvalue weighted by Crippen LogP contribution is -2.46. The Labute approximate surface area is 77.0 Å². The van der Waals surface area contributed by atoms with Crippen molar-refractivity contribution in [3.8, 4) is 0 Å². The van der Waals surface area contributed by atoms with E-state index in [1.54, 1.807) is 32.4 Å². The molecule has 0 radical (unpaired) electrons. The fourth-order valence-corrected chi connectivity index (χ4v) is 0.903. The molecule has 1 rings (SSSR count). The van der Waals surface area contributed by atoms with Crippen LogP contribution in [0.25, 0.3) is 0 Å². The van der Waals surface area contributed by atoms with Crippen molar-refractivity contribution in [2.24, 2.45) is 0 Å². The van der Waals surface area contributed by atoms with Crippen LogP contribution in [-0.4, -0.2) is 41.3 Å². The Bertz CT molecular complexity index is 296. The Morgan fingerprint density at radius 2 is 2.31 bits per heavy atom. The Morgan fingerprint density at radius 1 is 1.62 bits per heavy atom. The van der Waals surface area contributed by atoms with Crippen molar-refractivity contribution in [2.75, 3.05) is 20.8 Å². The number of aromatic nitrogens is 1. The van der Waals surface area contributed by atoms with Crippen molar-refractivity contribution in [2.45, 2.75) is 0 Å². The third kappa shape index (κ3) is 2.11. The Balaban J connectivity index is 2.93. The standard InChI is InChI=1S/C9H13N2O2/c1-11(2,7-12)9(13)8-4-3-5-10-6-8/h3-6,12H,7H2,1-2H3/q+1. The number of quaternary nitrogens is 1. The van der Waals surface area contributed by atoms with Gasteiger partial charge in [0.1, 0.15) is 0 Å². The van der Waals surface area contributed by atoms with Crippen LogP contribution in [0.1, 0.15) is 10.4 Å². The van der Waals surface area contributed by atoms with Gasteiger partial charge in [-0.1, -0.05) is 0 Å². The highest BCUT2D eigenvalue weighted by Crippen LogP contribution is 2.06. The molecule has 0 aliphatic rings. The van der Waals surface area contributed by atoms with Crippen molar-refractivity contribution < 1.29 is 14.4 Å². The average Bonchev–Trinajstić information content (AvgIpc) is 2.18. The Kier molecular flexibility index (Phi) is 2.75. The van der Waals surface area contributed by atoms with Crippen LogP contribution in [0.4, 0.5) is 0 Å². The first-order valence-corrected chi connectivity index (χ1v) is 3.97. The molecule has 0 fully saturated rings. The normalized spacial score (nSPS) is 11.3. The van der Waals surface area contributed by atoms with Gasteiger partial charge < -0.3 is 5.11 Å². The summed E-state index contributed by atoms with van der Waals surface area (Å²) in [6, 6.07) is 3.38. The second-order valence-corrected chi connectivity index (χ2v) is 3.37. The van der Waals surface area contributed by atoms with Crippen LogP contribution in [0.5, 0.6) is 0 Å². The lowest BCUT2D eigenvalue weighted by Gasteiger charge is -2.23. The summed E-state index contributed by atoms with van der Waals surface area (Å²) in [6.45, 7) is -0.215. The molecule has 0 aromatic carbocycles. The molecule has 13 heavy (non-hydrogen) atoms. The van der Waals surface area contributed by atoms with E-state index >= 15 is 0 Å². The van der Waals surface area contributed by atoms with Crippen LogP contribution in [0.15, 0.2) is 24.5 Å². The van der Waals surface area contributed by atoms with Gasteiger partial charge in [0.05, 0.1) is 19.7 Å². The lowest BCUT2D eigenvalue weighted by atomic mass is 10.2. The molecular formula is C9H13N2O2+. The van der Waals surface area contributed by atoms with E-state index in [2.05, 4.69) is 4.98 Å². The van der Waals surface area contributed by atoms with Gasteiger partial charge in [0.15, 0.2) is 6.73 Å². The van der Waals surface area contributed by atoms with Crippen molar-refractivity contribution in [1.29, 1.82) is 0 Å². The number of carbonyl (C=O) groups is 1. The van der Waals surface area contributed by atoms with Gasteiger partial charge in [0.2, 0.25) is 0 Å². The van der Waals surface area contributed by atoms with Gasteiger partial charge in [0.25, 0.3) is 0 Å². The average molecular weight is 181 g/mol. The summed E-state index contributed by atoms with van der Waals surface area (Å²) in [7, 11) is 3.30. The Hall–Kier alpha value is -1.26. The van der Waals surface area contributed by atoms with Gasteiger partial charge in [-0.25, -0.2) is 9.28 Å². The summed E-state index contributed by atoms with van der Waals surface area (Å²) in [5.74, 6) is -0.143. The molecule has 4 nitrogen and oxygen atoms in total. The molecule has 1 aromatic heterocycles. The van der Waals surface area contributed by atoms with E-state index in [9.17, 15) is 4.79 Å². The van der Waals surface area contributed by atoms with Crippen LogP contribution in [0, 0.1) is 0 Å². The minimum absolute atomic E-state index is 0.0777. The second-order valence-electron chi connectivity index (χ2n) is 3.37. The molecule has 0 saturated carbocycles. The summed E-state index contributed by atoms with van der Waals surface area (Å²) in [5.41, 5.74) is 0.515. The first kappa shape index (κ1) is 9.83. The quantitative estimate of drug-likeness (QED) is 0.525. The lowest BCUT2D eigenvalue weighted by molar-refractivity contribution is -0.829. The summed E-state index contributed by atoms with van der Waals surface area (Å²) in [6.07, 6.45) is 3.10. The van der Waals surface area contributed by atoms with Gasteiger partial charge in [-0.2, -0.15) is 0 Å². The van der Waals surface area contributed by atoms with Gasteiger partial charge >= 0.3 is 5.91 Å². The zero-order valence-corrected chi connectivity index (χ0v) is 7.77. The molecule has 1 amide bonds. The molecule has 4 heteroatoms. The SMILES string of the molecule is C[N+](C)(CO)C(=O)c1cccnc1. The number of hydrogen-bond acceptors (Lipinski definition) is 3. The van der Waals surface area contributed by atoms with Crippen LogP contribution in [-0.2, 0) is 0 Å². The largest absolute Gasteiger partial charge is 0.348 e. The summed E-state index contributed by atoms with van der Waals surface area (Å²) < 4.78 is -0.0777. The molecule has 0 unspecified atom stereocenters. The van der Waals surface area contributed by atoms with Crippen molar-refractivity contribution in [3.05, 3.63) is 30.1 Å². The highest BCUT2D eigenvalue weighted by molar-refractivity contribution is 5.88. The molecule has 0 aliphatic heterocycles. The Morgan fingerprint density at radius 3 is 2.77 bits per heavy atom. The van der Waals surface area contributed by atoms with E-state index in [4.69, 9.17) is 5.11 Å². The summed E-state index contributed by atoms with van der Waals surface area (Å²) >= 11 is 0. The highest BCUT2D eigenvalue weighted by Gasteiger charge is 2.26. The molecule has 0 atom stereocenters. The van der Waals surface area contributed by atoms with E-state index < -0.39 is 0 Å². The van der Waals surface area contributed by atoms with Gasteiger partial charge in [-0.05, 0) is 12.1 Å². The first-order chi connectivity index (χ1) is 6.08. The number of pyridine rings is 1. The molecule has 0 bridgehead atoms. The maximum absolute atomic E-state index is 11.7. The van der Waals surface area contributed by atoms with Crippen LogP contribution in [0.2, 0.25) is 0 Å². The maximum atomic E-state index is 11.7.